The molecule has 1 aromatic heterocycles. The van der Waals surface area contributed by atoms with Crippen molar-refractivity contribution >= 4 is 34.4 Å². The van der Waals surface area contributed by atoms with Crippen LogP contribution in [0.5, 0.6) is 0 Å². The molecule has 2 aromatic rings. The highest BCUT2D eigenvalue weighted by molar-refractivity contribution is 7.99. The molecule has 0 atom stereocenters. The second kappa shape index (κ2) is 7.31. The van der Waals surface area contributed by atoms with Crippen molar-refractivity contribution in [2.24, 2.45) is 5.10 Å². The van der Waals surface area contributed by atoms with E-state index in [0.29, 0.717) is 0 Å². The summed E-state index contributed by atoms with van der Waals surface area (Å²) in [6.07, 6.45) is 3.03. The van der Waals surface area contributed by atoms with E-state index in [9.17, 15) is 0 Å². The first kappa shape index (κ1) is 14.1. The number of aryl methyl sites for hydroxylation is 1. The molecule has 19 heavy (non-hydrogen) atoms. The Hall–Kier alpha value is -1.33. The molecule has 0 spiro atoms. The van der Waals surface area contributed by atoms with Crippen LogP contribution < -0.4 is 5.43 Å². The zero-order valence-electron chi connectivity index (χ0n) is 11.1. The molecule has 0 aliphatic rings. The van der Waals surface area contributed by atoms with E-state index in [1.165, 1.54) is 11.3 Å². The van der Waals surface area contributed by atoms with E-state index in [1.807, 2.05) is 36.3 Å². The zero-order valence-corrected chi connectivity index (χ0v) is 12.7. The van der Waals surface area contributed by atoms with Crippen LogP contribution in [-0.2, 0) is 0 Å². The van der Waals surface area contributed by atoms with Gasteiger partial charge in [-0.05, 0) is 25.2 Å². The van der Waals surface area contributed by atoms with Gasteiger partial charge in [0.1, 0.15) is 0 Å². The number of anilines is 1. The lowest BCUT2D eigenvalue weighted by Gasteiger charge is -2.03. The average Bonchev–Trinajstić information content (AvgIpc) is 2.83. The van der Waals surface area contributed by atoms with Gasteiger partial charge in [0.05, 0.1) is 11.9 Å². The summed E-state index contributed by atoms with van der Waals surface area (Å²) < 4.78 is 0. The topological polar surface area (TPSA) is 37.3 Å². The lowest BCUT2D eigenvalue weighted by molar-refractivity contribution is 1.10. The molecule has 1 heterocycles. The standard InChI is InChI=1S/C14H17N3S2/c1-3-8-18-13-7-5-4-6-12(13)9-15-17-14-16-11(2)10-19-14/h4-7,9-10H,3,8H2,1-2H3,(H,16,17). The number of hydrogen-bond acceptors (Lipinski definition) is 5. The molecular formula is C14H17N3S2. The normalized spacial score (nSPS) is 11.1. The van der Waals surface area contributed by atoms with Crippen LogP contribution >= 0.6 is 23.1 Å². The van der Waals surface area contributed by atoms with E-state index in [2.05, 4.69) is 40.6 Å². The SMILES string of the molecule is CCCSc1ccccc1C=NNc1nc(C)cs1. The minimum Gasteiger partial charge on any atom is -0.253 e. The molecule has 0 radical (unpaired) electrons. The molecule has 0 saturated heterocycles. The predicted octanol–water partition coefficient (Wildman–Crippen LogP) is 4.40. The summed E-state index contributed by atoms with van der Waals surface area (Å²) in [5.41, 5.74) is 5.12. The summed E-state index contributed by atoms with van der Waals surface area (Å²) in [7, 11) is 0. The number of nitrogens with zero attached hydrogens (tertiary/aromatic N) is 2. The van der Waals surface area contributed by atoms with Crippen molar-refractivity contribution in [3.63, 3.8) is 0 Å². The van der Waals surface area contributed by atoms with E-state index < -0.39 is 0 Å². The molecule has 3 nitrogen and oxygen atoms in total. The first-order valence-electron chi connectivity index (χ1n) is 6.22. The quantitative estimate of drug-likeness (QED) is 0.487. The van der Waals surface area contributed by atoms with Crippen LogP contribution in [0.15, 0.2) is 39.6 Å². The average molecular weight is 291 g/mol. The molecule has 0 saturated carbocycles. The van der Waals surface area contributed by atoms with Crippen molar-refractivity contribution in [2.75, 3.05) is 11.2 Å². The Morgan fingerprint density at radius 3 is 3.00 bits per heavy atom. The maximum Gasteiger partial charge on any atom is 0.203 e. The van der Waals surface area contributed by atoms with Gasteiger partial charge in [0.15, 0.2) is 0 Å². The largest absolute Gasteiger partial charge is 0.253 e. The van der Waals surface area contributed by atoms with E-state index in [0.717, 1.165) is 22.1 Å². The Morgan fingerprint density at radius 1 is 1.42 bits per heavy atom. The second-order valence-electron chi connectivity index (χ2n) is 4.05. The van der Waals surface area contributed by atoms with Crippen molar-refractivity contribution in [3.8, 4) is 0 Å². The van der Waals surface area contributed by atoms with Crippen molar-refractivity contribution in [1.82, 2.24) is 4.98 Å². The fourth-order valence-corrected chi connectivity index (χ4v) is 3.02. The summed E-state index contributed by atoms with van der Waals surface area (Å²) >= 11 is 3.43. The van der Waals surface area contributed by atoms with Crippen LogP contribution in [0.25, 0.3) is 0 Å². The van der Waals surface area contributed by atoms with Gasteiger partial charge in [0, 0.05) is 15.8 Å². The molecule has 2 rings (SSSR count). The Labute approximate surface area is 122 Å². The maximum absolute atomic E-state index is 4.30. The lowest BCUT2D eigenvalue weighted by atomic mass is 10.2. The van der Waals surface area contributed by atoms with Gasteiger partial charge in [-0.2, -0.15) is 5.10 Å². The molecular weight excluding hydrogens is 274 g/mol. The number of thiazole rings is 1. The Balaban J connectivity index is 2.01. The third-order valence-corrected chi connectivity index (χ3v) is 4.52. The molecule has 0 aliphatic carbocycles. The van der Waals surface area contributed by atoms with Crippen molar-refractivity contribution in [2.45, 2.75) is 25.2 Å². The van der Waals surface area contributed by atoms with Crippen molar-refractivity contribution < 1.29 is 0 Å². The molecule has 1 N–H and O–H groups in total. The van der Waals surface area contributed by atoms with Crippen LogP contribution in [0.2, 0.25) is 0 Å². The van der Waals surface area contributed by atoms with E-state index in [1.54, 1.807) is 11.3 Å². The van der Waals surface area contributed by atoms with Gasteiger partial charge in [-0.1, -0.05) is 25.1 Å². The highest BCUT2D eigenvalue weighted by Crippen LogP contribution is 2.22. The second-order valence-corrected chi connectivity index (χ2v) is 6.05. The molecule has 0 bridgehead atoms. The van der Waals surface area contributed by atoms with Crippen LogP contribution in [-0.4, -0.2) is 17.0 Å². The van der Waals surface area contributed by atoms with Crippen molar-refractivity contribution in [3.05, 3.63) is 40.9 Å². The molecule has 0 amide bonds. The van der Waals surface area contributed by atoms with Crippen LogP contribution in [0, 0.1) is 6.92 Å². The molecule has 0 aliphatic heterocycles. The van der Waals surface area contributed by atoms with Gasteiger partial charge in [-0.25, -0.2) is 4.98 Å². The summed E-state index contributed by atoms with van der Waals surface area (Å²) in [6, 6.07) is 8.31. The monoisotopic (exact) mass is 291 g/mol. The van der Waals surface area contributed by atoms with Crippen LogP contribution in [0.1, 0.15) is 24.6 Å². The lowest BCUT2D eigenvalue weighted by Crippen LogP contribution is -1.92. The smallest absolute Gasteiger partial charge is 0.203 e. The number of benzene rings is 1. The van der Waals surface area contributed by atoms with Gasteiger partial charge in [0.2, 0.25) is 5.13 Å². The fraction of sp³-hybridized carbons (Fsp3) is 0.286. The summed E-state index contributed by atoms with van der Waals surface area (Å²) in [4.78, 5) is 5.57. The van der Waals surface area contributed by atoms with Gasteiger partial charge < -0.3 is 0 Å². The molecule has 0 unspecified atom stereocenters. The first-order valence-corrected chi connectivity index (χ1v) is 8.09. The number of hydrogen-bond donors (Lipinski definition) is 1. The molecule has 5 heteroatoms. The van der Waals surface area contributed by atoms with E-state index in [4.69, 9.17) is 0 Å². The zero-order chi connectivity index (χ0) is 13.5. The van der Waals surface area contributed by atoms with E-state index in [-0.39, 0.29) is 0 Å². The molecule has 0 fully saturated rings. The predicted molar refractivity (Wildman–Crippen MR) is 85.5 cm³/mol. The third kappa shape index (κ3) is 4.36. The van der Waals surface area contributed by atoms with Crippen LogP contribution in [0.3, 0.4) is 0 Å². The van der Waals surface area contributed by atoms with Gasteiger partial charge in [-0.15, -0.1) is 23.1 Å². The molecule has 1 aromatic carbocycles. The number of rotatable bonds is 6. The summed E-state index contributed by atoms with van der Waals surface area (Å²) in [6.45, 7) is 4.16. The van der Waals surface area contributed by atoms with Gasteiger partial charge >= 0.3 is 0 Å². The number of thioether (sulfide) groups is 1. The number of aromatic nitrogens is 1. The minimum atomic E-state index is 0.826. The molecule has 100 valence electrons. The number of nitrogens with one attached hydrogen (secondary N) is 1. The van der Waals surface area contributed by atoms with Gasteiger partial charge in [-0.3, -0.25) is 5.43 Å². The fourth-order valence-electron chi connectivity index (χ4n) is 1.49. The highest BCUT2D eigenvalue weighted by Gasteiger charge is 1.99. The third-order valence-electron chi connectivity index (χ3n) is 2.36. The minimum absolute atomic E-state index is 0.826. The summed E-state index contributed by atoms with van der Waals surface area (Å²) in [5.74, 6) is 1.13. The Morgan fingerprint density at radius 2 is 2.26 bits per heavy atom. The highest BCUT2D eigenvalue weighted by atomic mass is 32.2. The summed E-state index contributed by atoms with van der Waals surface area (Å²) in [5, 5.41) is 7.08. The Bertz CT molecular complexity index is 549. The maximum atomic E-state index is 4.30. The van der Waals surface area contributed by atoms with Crippen LogP contribution in [0.4, 0.5) is 5.13 Å². The van der Waals surface area contributed by atoms with Crippen molar-refractivity contribution in [1.29, 1.82) is 0 Å². The van der Waals surface area contributed by atoms with E-state index >= 15 is 0 Å². The Kier molecular flexibility index (Phi) is 5.42. The first-order chi connectivity index (χ1) is 9.29. The number of hydrazone groups is 1. The van der Waals surface area contributed by atoms with Gasteiger partial charge in [0.25, 0.3) is 0 Å².